The first-order valence-corrected chi connectivity index (χ1v) is 2.67. The molecule has 0 spiro atoms. The molecule has 0 aromatic heterocycles. The van der Waals surface area contributed by atoms with Gasteiger partial charge in [-0.3, -0.25) is 0 Å². The minimum absolute atomic E-state index is 0.248. The Kier molecular flexibility index (Phi) is 1.49. The van der Waals surface area contributed by atoms with Gasteiger partial charge in [-0.05, 0) is 6.07 Å². The lowest BCUT2D eigenvalue weighted by Crippen LogP contribution is -1.67. The molecule has 0 aliphatic carbocycles. The Bertz CT molecular complexity index is 222. The summed E-state index contributed by atoms with van der Waals surface area (Å²) in [5.41, 5.74) is 0. The van der Waals surface area contributed by atoms with Crippen LogP contribution in [0.25, 0.3) is 0 Å². The average Bonchev–Trinajstić information content (AvgIpc) is 1.80. The normalized spacial score (nSPS) is 9.44. The average molecular weight is 144 g/mol. The van der Waals surface area contributed by atoms with E-state index >= 15 is 0 Å². The summed E-state index contributed by atoms with van der Waals surface area (Å²) in [6.07, 6.45) is 0. The van der Waals surface area contributed by atoms with Crippen molar-refractivity contribution < 1.29 is 10.2 Å². The molecule has 1 rings (SSSR count). The van der Waals surface area contributed by atoms with E-state index in [-0.39, 0.29) is 11.5 Å². The van der Waals surface area contributed by atoms with Crippen molar-refractivity contribution in [1.82, 2.24) is 0 Å². The highest BCUT2D eigenvalue weighted by Gasteiger charge is 1.96. The van der Waals surface area contributed by atoms with Gasteiger partial charge in [-0.2, -0.15) is 0 Å². The van der Waals surface area contributed by atoms with Crippen molar-refractivity contribution in [3.8, 4) is 11.5 Å². The Morgan fingerprint density at radius 3 is 2.56 bits per heavy atom. The van der Waals surface area contributed by atoms with Crippen LogP contribution in [0.3, 0.4) is 0 Å². The van der Waals surface area contributed by atoms with Crippen LogP contribution in [0.5, 0.6) is 11.5 Å². The molecule has 0 fully saturated rings. The number of halogens is 1. The van der Waals surface area contributed by atoms with Crippen LogP contribution in [0.1, 0.15) is 0 Å². The quantitative estimate of drug-likeness (QED) is 0.541. The van der Waals surface area contributed by atoms with Crippen LogP contribution < -0.4 is 0 Å². The van der Waals surface area contributed by atoms with Gasteiger partial charge in [-0.15, -0.1) is 0 Å². The molecule has 0 atom stereocenters. The second kappa shape index (κ2) is 2.15. The Balaban J connectivity index is 3.17. The van der Waals surface area contributed by atoms with Crippen molar-refractivity contribution in [2.45, 2.75) is 0 Å². The van der Waals surface area contributed by atoms with E-state index in [1.165, 1.54) is 12.1 Å². The number of rotatable bonds is 0. The molecule has 2 N–H and O–H groups in total. The van der Waals surface area contributed by atoms with Crippen molar-refractivity contribution in [3.63, 3.8) is 0 Å². The molecule has 1 radical (unpaired) electrons. The van der Waals surface area contributed by atoms with Gasteiger partial charge in [-0.1, -0.05) is 11.6 Å². The lowest BCUT2D eigenvalue weighted by atomic mass is 10.3. The molecule has 0 bridgehead atoms. The van der Waals surface area contributed by atoms with E-state index in [0.29, 0.717) is 5.02 Å². The highest BCUT2D eigenvalue weighted by atomic mass is 35.5. The van der Waals surface area contributed by atoms with Crippen LogP contribution in [-0.2, 0) is 0 Å². The number of hydrogen-bond acceptors (Lipinski definition) is 2. The SMILES string of the molecule is Oc1[c]cc(Cl)cc1O. The second-order valence-corrected chi connectivity index (χ2v) is 1.99. The van der Waals surface area contributed by atoms with E-state index < -0.39 is 0 Å². The first-order chi connectivity index (χ1) is 4.20. The van der Waals surface area contributed by atoms with Crippen LogP contribution in [-0.4, -0.2) is 10.2 Å². The molecular formula is C6H4ClO2. The maximum atomic E-state index is 8.73. The fourth-order valence-electron chi connectivity index (χ4n) is 0.452. The largest absolute Gasteiger partial charge is 0.504 e. The van der Waals surface area contributed by atoms with Gasteiger partial charge in [-0.25, -0.2) is 0 Å². The molecule has 47 valence electrons. The number of benzene rings is 1. The van der Waals surface area contributed by atoms with Crippen LogP contribution in [0.15, 0.2) is 12.1 Å². The summed E-state index contributed by atoms with van der Waals surface area (Å²) in [7, 11) is 0. The smallest absolute Gasteiger partial charge is 0.165 e. The topological polar surface area (TPSA) is 40.5 Å². The number of aromatic hydroxyl groups is 2. The van der Waals surface area contributed by atoms with E-state index in [1.807, 2.05) is 0 Å². The third-order valence-electron chi connectivity index (χ3n) is 0.864. The highest BCUT2D eigenvalue weighted by molar-refractivity contribution is 6.30. The molecule has 1 aromatic rings. The third-order valence-corrected chi connectivity index (χ3v) is 1.08. The molecule has 1 aromatic carbocycles. The molecule has 0 saturated heterocycles. The second-order valence-electron chi connectivity index (χ2n) is 1.55. The molecule has 2 nitrogen and oxygen atoms in total. The number of hydrogen-bond donors (Lipinski definition) is 2. The van der Waals surface area contributed by atoms with E-state index in [9.17, 15) is 0 Å². The monoisotopic (exact) mass is 143 g/mol. The zero-order chi connectivity index (χ0) is 6.85. The van der Waals surface area contributed by atoms with Gasteiger partial charge in [0.05, 0.1) is 0 Å². The fraction of sp³-hybridized carbons (Fsp3) is 0. The van der Waals surface area contributed by atoms with Crippen molar-refractivity contribution in [2.24, 2.45) is 0 Å². The molecule has 0 aliphatic rings. The van der Waals surface area contributed by atoms with Gasteiger partial charge in [0.1, 0.15) is 0 Å². The van der Waals surface area contributed by atoms with Crippen molar-refractivity contribution in [1.29, 1.82) is 0 Å². The zero-order valence-corrected chi connectivity index (χ0v) is 5.18. The van der Waals surface area contributed by atoms with E-state index in [1.54, 1.807) is 0 Å². The van der Waals surface area contributed by atoms with Gasteiger partial charge >= 0.3 is 0 Å². The Labute approximate surface area is 57.3 Å². The summed E-state index contributed by atoms with van der Waals surface area (Å²) < 4.78 is 0. The lowest BCUT2D eigenvalue weighted by molar-refractivity contribution is 0.403. The molecule has 0 unspecified atom stereocenters. The van der Waals surface area contributed by atoms with Gasteiger partial charge < -0.3 is 10.2 Å². The maximum absolute atomic E-state index is 8.73. The van der Waals surface area contributed by atoms with Crippen molar-refractivity contribution in [3.05, 3.63) is 23.2 Å². The van der Waals surface area contributed by atoms with E-state index in [4.69, 9.17) is 21.8 Å². The summed E-state index contributed by atoms with van der Waals surface area (Å²) >= 11 is 5.41. The Hall–Kier alpha value is -0.890. The number of phenolic OH excluding ortho intramolecular Hbond substituents is 2. The summed E-state index contributed by atoms with van der Waals surface area (Å²) in [6, 6.07) is 4.96. The van der Waals surface area contributed by atoms with Gasteiger partial charge in [0.2, 0.25) is 0 Å². The van der Waals surface area contributed by atoms with Crippen molar-refractivity contribution in [2.75, 3.05) is 0 Å². The predicted octanol–water partition coefficient (Wildman–Crippen LogP) is 1.55. The molecule has 3 heteroatoms. The lowest BCUT2D eigenvalue weighted by Gasteiger charge is -1.93. The predicted molar refractivity (Wildman–Crippen MR) is 33.6 cm³/mol. The maximum Gasteiger partial charge on any atom is 0.165 e. The zero-order valence-electron chi connectivity index (χ0n) is 4.43. The third kappa shape index (κ3) is 1.27. The summed E-state index contributed by atoms with van der Waals surface area (Å²) in [6.45, 7) is 0. The minimum Gasteiger partial charge on any atom is -0.504 e. The molecule has 9 heavy (non-hydrogen) atoms. The summed E-state index contributed by atoms with van der Waals surface area (Å²) in [5.74, 6) is -0.526. The molecule has 0 amide bonds. The highest BCUT2D eigenvalue weighted by Crippen LogP contribution is 2.26. The van der Waals surface area contributed by atoms with Crippen molar-refractivity contribution >= 4 is 11.6 Å². The molecule has 0 heterocycles. The van der Waals surface area contributed by atoms with E-state index in [0.717, 1.165) is 0 Å². The number of phenols is 2. The van der Waals surface area contributed by atoms with Gasteiger partial charge in [0, 0.05) is 17.2 Å². The standard InChI is InChI=1S/C6H4ClO2/c7-4-1-2-5(8)6(9)3-4/h1,3,8-9H. The molecular weight excluding hydrogens is 140 g/mol. The van der Waals surface area contributed by atoms with E-state index in [2.05, 4.69) is 6.07 Å². The fourth-order valence-corrected chi connectivity index (χ4v) is 0.610. The Morgan fingerprint density at radius 1 is 1.44 bits per heavy atom. The Morgan fingerprint density at radius 2 is 2.11 bits per heavy atom. The summed E-state index contributed by atoms with van der Waals surface area (Å²) in [4.78, 5) is 0. The first-order valence-electron chi connectivity index (χ1n) is 2.29. The molecule has 0 saturated carbocycles. The van der Waals surface area contributed by atoms with Gasteiger partial charge in [0.15, 0.2) is 11.5 Å². The van der Waals surface area contributed by atoms with Gasteiger partial charge in [0.25, 0.3) is 0 Å². The van der Waals surface area contributed by atoms with Crippen LogP contribution in [0.2, 0.25) is 5.02 Å². The van der Waals surface area contributed by atoms with Crippen LogP contribution in [0.4, 0.5) is 0 Å². The first kappa shape index (κ1) is 6.23. The van der Waals surface area contributed by atoms with Crippen LogP contribution in [0, 0.1) is 6.07 Å². The molecule has 0 aliphatic heterocycles. The van der Waals surface area contributed by atoms with Crippen LogP contribution >= 0.6 is 11.6 Å². The summed E-state index contributed by atoms with van der Waals surface area (Å²) in [5, 5.41) is 17.8. The minimum atomic E-state index is -0.278.